The zero-order chi connectivity index (χ0) is 12.4. The fourth-order valence-corrected chi connectivity index (χ4v) is 1.52. The Morgan fingerprint density at radius 3 is 3.06 bits per heavy atom. The topological polar surface area (TPSA) is 73.3 Å². The van der Waals surface area contributed by atoms with Crippen LogP contribution in [-0.4, -0.2) is 21.3 Å². The van der Waals surface area contributed by atoms with Crippen molar-refractivity contribution in [3.8, 4) is 0 Å². The van der Waals surface area contributed by atoms with Crippen LogP contribution in [0.2, 0.25) is 0 Å². The molecule has 0 saturated carbocycles. The first-order valence-corrected chi connectivity index (χ1v) is 5.49. The van der Waals surface area contributed by atoms with Crippen LogP contribution < -0.4 is 11.3 Å². The normalized spacial score (nSPS) is 12.0. The van der Waals surface area contributed by atoms with Crippen molar-refractivity contribution < 1.29 is 0 Å². The average molecular weight is 251 g/mol. The second-order valence-corrected chi connectivity index (χ2v) is 3.87. The summed E-state index contributed by atoms with van der Waals surface area (Å²) in [5.74, 6) is 0.468. The van der Waals surface area contributed by atoms with Crippen LogP contribution in [0.25, 0.3) is 10.9 Å². The number of aromatic nitrogens is 2. The summed E-state index contributed by atoms with van der Waals surface area (Å²) in [4.78, 5) is 20.1. The SMILES string of the molecule is Cn1cnc2ccc(N=C(N)CCl)cc2c1=O. The third kappa shape index (κ3) is 2.29. The number of amidine groups is 1. The number of hydrogen-bond donors (Lipinski definition) is 1. The Hall–Kier alpha value is -1.88. The van der Waals surface area contributed by atoms with E-state index in [1.807, 2.05) is 0 Å². The van der Waals surface area contributed by atoms with Crippen LogP contribution in [0.4, 0.5) is 5.69 Å². The van der Waals surface area contributed by atoms with Crippen molar-refractivity contribution in [2.45, 2.75) is 0 Å². The molecule has 1 heterocycles. The third-order valence-electron chi connectivity index (χ3n) is 2.31. The average Bonchev–Trinajstić information content (AvgIpc) is 2.34. The van der Waals surface area contributed by atoms with Gasteiger partial charge in [-0.1, -0.05) is 0 Å². The van der Waals surface area contributed by atoms with Gasteiger partial charge >= 0.3 is 0 Å². The van der Waals surface area contributed by atoms with Gasteiger partial charge in [0.2, 0.25) is 0 Å². The fraction of sp³-hybridized carbons (Fsp3) is 0.182. The quantitative estimate of drug-likeness (QED) is 0.494. The number of nitrogens with zero attached hydrogens (tertiary/aromatic N) is 3. The summed E-state index contributed by atoms with van der Waals surface area (Å²) >= 11 is 5.54. The molecule has 5 nitrogen and oxygen atoms in total. The minimum absolute atomic E-state index is 0.114. The largest absolute Gasteiger partial charge is 0.386 e. The molecule has 0 aliphatic heterocycles. The fourth-order valence-electron chi connectivity index (χ4n) is 1.46. The first kappa shape index (κ1) is 11.6. The lowest BCUT2D eigenvalue weighted by Crippen LogP contribution is -2.16. The summed E-state index contributed by atoms with van der Waals surface area (Å²) in [5.41, 5.74) is 6.66. The lowest BCUT2D eigenvalue weighted by molar-refractivity contribution is 0.843. The van der Waals surface area contributed by atoms with E-state index in [9.17, 15) is 4.79 Å². The first-order valence-electron chi connectivity index (χ1n) is 4.96. The van der Waals surface area contributed by atoms with Crippen molar-refractivity contribution in [3.05, 3.63) is 34.9 Å². The number of benzene rings is 1. The van der Waals surface area contributed by atoms with Crippen molar-refractivity contribution in [2.24, 2.45) is 17.8 Å². The summed E-state index contributed by atoms with van der Waals surface area (Å²) in [5, 5.41) is 0.513. The van der Waals surface area contributed by atoms with Crippen molar-refractivity contribution in [3.63, 3.8) is 0 Å². The van der Waals surface area contributed by atoms with E-state index in [4.69, 9.17) is 17.3 Å². The van der Waals surface area contributed by atoms with Gasteiger partial charge in [0, 0.05) is 7.05 Å². The summed E-state index contributed by atoms with van der Waals surface area (Å²) in [7, 11) is 1.65. The van der Waals surface area contributed by atoms with Gasteiger partial charge in [-0.3, -0.25) is 4.79 Å². The molecule has 0 atom stereocenters. The maximum absolute atomic E-state index is 11.9. The molecule has 0 aliphatic rings. The molecule has 0 aliphatic carbocycles. The van der Waals surface area contributed by atoms with Gasteiger partial charge in [0.25, 0.3) is 5.56 Å². The predicted octanol–water partition coefficient (Wildman–Crippen LogP) is 1.16. The molecule has 0 unspecified atom stereocenters. The van der Waals surface area contributed by atoms with Crippen LogP contribution in [-0.2, 0) is 7.05 Å². The predicted molar refractivity (Wildman–Crippen MR) is 69.0 cm³/mol. The van der Waals surface area contributed by atoms with E-state index in [1.54, 1.807) is 25.2 Å². The number of halogens is 1. The van der Waals surface area contributed by atoms with Crippen LogP contribution in [0.15, 0.2) is 34.3 Å². The van der Waals surface area contributed by atoms with Gasteiger partial charge in [-0.05, 0) is 18.2 Å². The highest BCUT2D eigenvalue weighted by atomic mass is 35.5. The summed E-state index contributed by atoms with van der Waals surface area (Å²) in [6, 6.07) is 5.13. The molecule has 0 bridgehead atoms. The monoisotopic (exact) mass is 250 g/mol. The van der Waals surface area contributed by atoms with Gasteiger partial charge in [-0.2, -0.15) is 0 Å². The van der Waals surface area contributed by atoms with Crippen LogP contribution >= 0.6 is 11.6 Å². The minimum atomic E-state index is -0.114. The molecule has 1 aromatic carbocycles. The number of alkyl halides is 1. The Kier molecular flexibility index (Phi) is 3.10. The molecular formula is C11H11ClN4O. The molecule has 0 fully saturated rings. The second kappa shape index (κ2) is 4.55. The molecule has 88 valence electrons. The molecule has 2 N–H and O–H groups in total. The molecule has 1 aromatic heterocycles. The van der Waals surface area contributed by atoms with Gasteiger partial charge in [-0.25, -0.2) is 9.98 Å². The maximum Gasteiger partial charge on any atom is 0.260 e. The molecule has 17 heavy (non-hydrogen) atoms. The smallest absolute Gasteiger partial charge is 0.260 e. The van der Waals surface area contributed by atoms with Gasteiger partial charge in [0.15, 0.2) is 0 Å². The number of fused-ring (bicyclic) bond motifs is 1. The number of aryl methyl sites for hydroxylation is 1. The number of nitrogens with two attached hydrogens (primary N) is 1. The number of aliphatic imine (C=N–C) groups is 1. The van der Waals surface area contributed by atoms with Crippen LogP contribution in [0.1, 0.15) is 0 Å². The van der Waals surface area contributed by atoms with Crippen molar-refractivity contribution in [2.75, 3.05) is 5.88 Å². The Balaban J connectivity index is 2.65. The second-order valence-electron chi connectivity index (χ2n) is 3.60. The van der Waals surface area contributed by atoms with Crippen molar-refractivity contribution in [1.82, 2.24) is 9.55 Å². The summed E-state index contributed by atoms with van der Waals surface area (Å²) in [6.45, 7) is 0. The molecule has 6 heteroatoms. The molecule has 0 saturated heterocycles. The molecule has 2 rings (SSSR count). The summed E-state index contributed by atoms with van der Waals surface area (Å²) < 4.78 is 1.42. The Bertz CT molecular complexity index is 647. The van der Waals surface area contributed by atoms with Crippen molar-refractivity contribution in [1.29, 1.82) is 0 Å². The van der Waals surface area contributed by atoms with E-state index in [0.29, 0.717) is 22.4 Å². The Morgan fingerprint density at radius 1 is 1.59 bits per heavy atom. The van der Waals surface area contributed by atoms with Gasteiger partial charge in [0.05, 0.1) is 28.8 Å². The zero-order valence-corrected chi connectivity index (χ0v) is 9.98. The van der Waals surface area contributed by atoms with Gasteiger partial charge < -0.3 is 10.3 Å². The first-order chi connectivity index (χ1) is 8.11. The minimum Gasteiger partial charge on any atom is -0.386 e. The lowest BCUT2D eigenvalue weighted by Gasteiger charge is -2.01. The van der Waals surface area contributed by atoms with E-state index in [2.05, 4.69) is 9.98 Å². The van der Waals surface area contributed by atoms with E-state index in [1.165, 1.54) is 10.9 Å². The highest BCUT2D eigenvalue weighted by Gasteiger charge is 2.03. The van der Waals surface area contributed by atoms with Crippen LogP contribution in [0.3, 0.4) is 0 Å². The van der Waals surface area contributed by atoms with Gasteiger partial charge in [0.1, 0.15) is 5.84 Å². The highest BCUT2D eigenvalue weighted by Crippen LogP contribution is 2.17. The highest BCUT2D eigenvalue weighted by molar-refractivity contribution is 6.28. The lowest BCUT2D eigenvalue weighted by atomic mass is 10.2. The van der Waals surface area contributed by atoms with Crippen LogP contribution in [0.5, 0.6) is 0 Å². The number of hydrogen-bond acceptors (Lipinski definition) is 3. The number of rotatable bonds is 2. The maximum atomic E-state index is 11.9. The Labute approximate surface area is 103 Å². The Morgan fingerprint density at radius 2 is 2.35 bits per heavy atom. The molecule has 0 radical (unpaired) electrons. The van der Waals surface area contributed by atoms with Crippen LogP contribution in [0, 0.1) is 0 Å². The van der Waals surface area contributed by atoms with Gasteiger partial charge in [-0.15, -0.1) is 11.6 Å². The van der Waals surface area contributed by atoms with E-state index in [0.717, 1.165) is 0 Å². The molecule has 0 spiro atoms. The zero-order valence-electron chi connectivity index (χ0n) is 9.22. The van der Waals surface area contributed by atoms with E-state index >= 15 is 0 Å². The summed E-state index contributed by atoms with van der Waals surface area (Å²) in [6.07, 6.45) is 1.49. The standard InChI is InChI=1S/C11H11ClN4O/c1-16-6-14-9-3-2-7(15-10(13)5-12)4-8(9)11(16)17/h2-4,6H,5H2,1H3,(H2,13,15). The third-order valence-corrected chi connectivity index (χ3v) is 2.58. The molecular weight excluding hydrogens is 240 g/mol. The molecule has 0 amide bonds. The van der Waals surface area contributed by atoms with E-state index in [-0.39, 0.29) is 11.4 Å². The molecule has 2 aromatic rings. The van der Waals surface area contributed by atoms with Crippen molar-refractivity contribution >= 4 is 34.0 Å². The van der Waals surface area contributed by atoms with E-state index < -0.39 is 0 Å².